The highest BCUT2D eigenvalue weighted by Crippen LogP contribution is 2.36. The average molecular weight is 352 g/mol. The van der Waals surface area contributed by atoms with Gasteiger partial charge in [-0.2, -0.15) is 0 Å². The molecule has 1 aromatic rings. The topological polar surface area (TPSA) is 92.9 Å². The molecule has 0 spiro atoms. The van der Waals surface area contributed by atoms with E-state index in [9.17, 15) is 14.9 Å². The van der Waals surface area contributed by atoms with Crippen LogP contribution in [0.1, 0.15) is 51.5 Å². The van der Waals surface area contributed by atoms with Gasteiger partial charge in [0, 0.05) is 31.9 Å². The van der Waals surface area contributed by atoms with Crippen molar-refractivity contribution in [2.45, 2.75) is 58.5 Å². The number of hydrogen-bond donors (Lipinski definition) is 1. The van der Waals surface area contributed by atoms with E-state index in [0.717, 1.165) is 25.7 Å². The van der Waals surface area contributed by atoms with Crippen molar-refractivity contribution in [1.82, 2.24) is 0 Å². The third-order valence-electron chi connectivity index (χ3n) is 3.97. The van der Waals surface area contributed by atoms with Crippen molar-refractivity contribution in [2.24, 2.45) is 0 Å². The monoisotopic (exact) mass is 352 g/mol. The maximum Gasteiger partial charge on any atom is 0.311 e. The van der Waals surface area contributed by atoms with Crippen molar-refractivity contribution in [1.29, 1.82) is 0 Å². The number of ether oxygens (including phenoxy) is 1. The molecule has 7 heteroatoms. The van der Waals surface area contributed by atoms with Crippen LogP contribution in [0.2, 0.25) is 0 Å². The van der Waals surface area contributed by atoms with E-state index in [1.807, 2.05) is 6.92 Å². The van der Waals surface area contributed by atoms with E-state index in [2.05, 4.69) is 6.92 Å². The second-order valence-corrected chi connectivity index (χ2v) is 6.45. The average Bonchev–Trinajstić information content (AvgIpc) is 2.51. The van der Waals surface area contributed by atoms with Crippen LogP contribution in [0.5, 0.6) is 5.75 Å². The molecule has 0 saturated heterocycles. The summed E-state index contributed by atoms with van der Waals surface area (Å²) >= 11 is 0. The Balaban J connectivity index is 3.05. The van der Waals surface area contributed by atoms with Crippen molar-refractivity contribution in [2.75, 3.05) is 19.0 Å². The van der Waals surface area contributed by atoms with Crippen LogP contribution in [0, 0.1) is 10.1 Å². The molecule has 0 aromatic heterocycles. The first-order chi connectivity index (χ1) is 11.8. The van der Waals surface area contributed by atoms with E-state index >= 15 is 0 Å². The predicted molar refractivity (Wildman–Crippen MR) is 97.6 cm³/mol. The summed E-state index contributed by atoms with van der Waals surface area (Å²) < 4.78 is 5.82. The van der Waals surface area contributed by atoms with Gasteiger partial charge in [0.15, 0.2) is 5.75 Å². The Labute approximate surface area is 148 Å². The quantitative estimate of drug-likeness (QED) is 0.367. The molecular weight excluding hydrogens is 324 g/mol. The third kappa shape index (κ3) is 6.60. The van der Waals surface area contributed by atoms with Gasteiger partial charge in [-0.1, -0.05) is 26.2 Å². The normalized spacial score (nSPS) is 11.8. The molecule has 1 atom stereocenters. The minimum atomic E-state index is -1.03. The fraction of sp³-hybridized carbons (Fsp3) is 0.611. The molecule has 1 N–H and O–H groups in total. The molecular formula is C18H28N2O5. The van der Waals surface area contributed by atoms with Crippen LogP contribution in [0.25, 0.3) is 0 Å². The number of hydrogen-bond acceptors (Lipinski definition) is 5. The molecule has 0 heterocycles. The maximum atomic E-state index is 11.4. The number of anilines is 1. The molecule has 0 amide bonds. The predicted octanol–water partition coefficient (Wildman–Crippen LogP) is 4.03. The molecule has 0 saturated carbocycles. The Morgan fingerprint density at radius 3 is 2.52 bits per heavy atom. The van der Waals surface area contributed by atoms with Gasteiger partial charge in [0.25, 0.3) is 0 Å². The van der Waals surface area contributed by atoms with Crippen LogP contribution in [0.4, 0.5) is 11.4 Å². The van der Waals surface area contributed by atoms with E-state index in [1.54, 1.807) is 25.1 Å². The highest BCUT2D eigenvalue weighted by atomic mass is 16.6. The fourth-order valence-corrected chi connectivity index (χ4v) is 2.69. The van der Waals surface area contributed by atoms with Crippen LogP contribution in [0.3, 0.4) is 0 Å². The fourth-order valence-electron chi connectivity index (χ4n) is 2.69. The molecule has 0 aliphatic rings. The number of carboxylic acid groups (broad SMARTS) is 1. The van der Waals surface area contributed by atoms with Crippen LogP contribution >= 0.6 is 0 Å². The molecule has 0 aliphatic carbocycles. The number of unbranched alkanes of at least 4 members (excludes halogenated alkanes) is 3. The van der Waals surface area contributed by atoms with Crippen LogP contribution in [-0.4, -0.2) is 36.2 Å². The zero-order valence-electron chi connectivity index (χ0n) is 15.4. The number of benzene rings is 1. The first-order valence-corrected chi connectivity index (χ1v) is 8.63. The number of rotatable bonds is 11. The number of aliphatic carboxylic acids is 1. The minimum absolute atomic E-state index is 0.143. The van der Waals surface area contributed by atoms with E-state index in [4.69, 9.17) is 9.84 Å². The van der Waals surface area contributed by atoms with E-state index in [-0.39, 0.29) is 24.0 Å². The lowest BCUT2D eigenvalue weighted by molar-refractivity contribution is -0.386. The molecule has 1 rings (SSSR count). The molecule has 1 aromatic carbocycles. The number of carbonyl (C=O) groups is 1. The lowest BCUT2D eigenvalue weighted by Crippen LogP contribution is -2.16. The Morgan fingerprint density at radius 2 is 2.00 bits per heavy atom. The maximum absolute atomic E-state index is 11.4. The van der Waals surface area contributed by atoms with Crippen molar-refractivity contribution in [3.05, 3.63) is 27.8 Å². The summed E-state index contributed by atoms with van der Waals surface area (Å²) in [5.74, 6) is -0.846. The van der Waals surface area contributed by atoms with Gasteiger partial charge in [-0.05, 0) is 25.3 Å². The highest BCUT2D eigenvalue weighted by Gasteiger charge is 2.23. The van der Waals surface area contributed by atoms with E-state index in [0.29, 0.717) is 11.3 Å². The molecule has 140 valence electrons. The highest BCUT2D eigenvalue weighted by molar-refractivity contribution is 5.75. The summed E-state index contributed by atoms with van der Waals surface area (Å²) in [5.41, 5.74) is 0.815. The molecule has 25 heavy (non-hydrogen) atoms. The van der Waals surface area contributed by atoms with Gasteiger partial charge in [-0.15, -0.1) is 0 Å². The summed E-state index contributed by atoms with van der Waals surface area (Å²) in [6, 6.07) is 2.88. The Hall–Kier alpha value is -2.31. The van der Waals surface area contributed by atoms with Gasteiger partial charge in [0.1, 0.15) is 0 Å². The number of nitro benzene ring substituents is 1. The van der Waals surface area contributed by atoms with Crippen molar-refractivity contribution in [3.8, 4) is 5.75 Å². The van der Waals surface area contributed by atoms with Crippen LogP contribution in [-0.2, 0) is 11.2 Å². The molecule has 0 radical (unpaired) electrons. The smallest absolute Gasteiger partial charge is 0.311 e. The number of nitro groups is 1. The van der Waals surface area contributed by atoms with Gasteiger partial charge in [0.05, 0.1) is 17.4 Å². The molecule has 7 nitrogen and oxygen atoms in total. The van der Waals surface area contributed by atoms with Crippen molar-refractivity contribution >= 4 is 17.3 Å². The zero-order chi connectivity index (χ0) is 19.0. The third-order valence-corrected chi connectivity index (χ3v) is 3.97. The summed E-state index contributed by atoms with van der Waals surface area (Å²) in [4.78, 5) is 23.6. The van der Waals surface area contributed by atoms with Gasteiger partial charge >= 0.3 is 11.7 Å². The van der Waals surface area contributed by atoms with Crippen molar-refractivity contribution in [3.63, 3.8) is 0 Å². The number of nitrogens with zero attached hydrogens (tertiary/aromatic N) is 2. The van der Waals surface area contributed by atoms with Crippen LogP contribution < -0.4 is 9.64 Å². The molecule has 0 bridgehead atoms. The Bertz CT molecular complexity index is 601. The lowest BCUT2D eigenvalue weighted by atomic mass is 10.1. The second-order valence-electron chi connectivity index (χ2n) is 6.45. The van der Waals surface area contributed by atoms with E-state index in [1.165, 1.54) is 12.5 Å². The molecule has 1 unspecified atom stereocenters. The zero-order valence-corrected chi connectivity index (χ0v) is 15.4. The summed E-state index contributed by atoms with van der Waals surface area (Å²) in [7, 11) is 3.54. The summed E-state index contributed by atoms with van der Waals surface area (Å²) in [5, 5.41) is 20.4. The molecule has 0 aliphatic heterocycles. The first kappa shape index (κ1) is 20.7. The Kier molecular flexibility index (Phi) is 8.18. The van der Waals surface area contributed by atoms with Gasteiger partial charge in [-0.25, -0.2) is 0 Å². The summed E-state index contributed by atoms with van der Waals surface area (Å²) in [6.45, 7) is 4.04. The standard InChI is InChI=1S/C18H28N2O5/c1-5-6-7-8-9-13(2)25-17-12-15(19(3)4)14(11-18(21)22)10-16(17)20(23)24/h10,12-13H,5-9,11H2,1-4H3,(H,21,22). The number of carboxylic acids is 1. The lowest BCUT2D eigenvalue weighted by Gasteiger charge is -2.20. The van der Waals surface area contributed by atoms with Gasteiger partial charge in [0.2, 0.25) is 0 Å². The van der Waals surface area contributed by atoms with Gasteiger partial charge in [-0.3, -0.25) is 14.9 Å². The second kappa shape index (κ2) is 9.86. The Morgan fingerprint density at radius 1 is 1.32 bits per heavy atom. The molecule has 0 fully saturated rings. The largest absolute Gasteiger partial charge is 0.484 e. The van der Waals surface area contributed by atoms with E-state index < -0.39 is 10.9 Å². The minimum Gasteiger partial charge on any atom is -0.484 e. The first-order valence-electron chi connectivity index (χ1n) is 8.63. The van der Waals surface area contributed by atoms with Crippen molar-refractivity contribution < 1.29 is 19.6 Å². The SMILES string of the molecule is CCCCCCC(C)Oc1cc(N(C)C)c(CC(=O)O)cc1[N+](=O)[O-]. The summed E-state index contributed by atoms with van der Waals surface area (Å²) in [6.07, 6.45) is 4.86. The van der Waals surface area contributed by atoms with Crippen LogP contribution in [0.15, 0.2) is 12.1 Å². The van der Waals surface area contributed by atoms with Gasteiger partial charge < -0.3 is 14.7 Å².